The fraction of sp³-hybridized carbons (Fsp3) is 0.500. The number of esters is 1. The molecule has 8 nitrogen and oxygen atoms in total. The minimum absolute atomic E-state index is 0.180. The topological polar surface area (TPSA) is 135 Å². The summed E-state index contributed by atoms with van der Waals surface area (Å²) < 4.78 is 33.7. The second kappa shape index (κ2) is 5.41. The summed E-state index contributed by atoms with van der Waals surface area (Å²) in [6, 6.07) is 0. The molecular formula is C6H8O8S. The Labute approximate surface area is 84.6 Å². The van der Waals surface area contributed by atoms with E-state index in [0.717, 1.165) is 0 Å². The van der Waals surface area contributed by atoms with Crippen LogP contribution in [0.15, 0.2) is 0 Å². The molecule has 9 heteroatoms. The highest BCUT2D eigenvalue weighted by molar-refractivity contribution is 7.87. The summed E-state index contributed by atoms with van der Waals surface area (Å²) in [5.41, 5.74) is 0. The molecule has 1 unspecified atom stereocenters. The molecular weight excluding hydrogens is 232 g/mol. The standard InChI is InChI=1S/C6H8O8S/c7-1-2-14-6(10)4(3-5(8)9)15(11,12)13/h1,4H,2-3H2,(H,8,9)(H,11,12,13). The summed E-state index contributed by atoms with van der Waals surface area (Å²) in [6.07, 6.45) is -0.948. The number of hydrogen-bond acceptors (Lipinski definition) is 6. The first kappa shape index (κ1) is 13.5. The van der Waals surface area contributed by atoms with E-state index >= 15 is 0 Å². The van der Waals surface area contributed by atoms with Gasteiger partial charge in [-0.05, 0) is 0 Å². The van der Waals surface area contributed by atoms with Crippen LogP contribution >= 0.6 is 0 Å². The van der Waals surface area contributed by atoms with E-state index in [2.05, 4.69) is 4.74 Å². The molecule has 0 aromatic heterocycles. The van der Waals surface area contributed by atoms with Gasteiger partial charge in [-0.1, -0.05) is 0 Å². The van der Waals surface area contributed by atoms with Crippen molar-refractivity contribution in [2.45, 2.75) is 11.7 Å². The molecule has 1 atom stereocenters. The lowest BCUT2D eigenvalue weighted by atomic mass is 10.3. The van der Waals surface area contributed by atoms with Gasteiger partial charge in [-0.2, -0.15) is 8.42 Å². The lowest BCUT2D eigenvalue weighted by Crippen LogP contribution is -2.34. The monoisotopic (exact) mass is 240 g/mol. The Bertz CT molecular complexity index is 355. The van der Waals surface area contributed by atoms with E-state index < -0.39 is 40.3 Å². The van der Waals surface area contributed by atoms with Gasteiger partial charge < -0.3 is 9.84 Å². The van der Waals surface area contributed by atoms with Gasteiger partial charge in [-0.25, -0.2) is 0 Å². The van der Waals surface area contributed by atoms with Gasteiger partial charge in [0.15, 0.2) is 11.5 Å². The molecule has 0 bridgehead atoms. The highest BCUT2D eigenvalue weighted by atomic mass is 32.2. The van der Waals surface area contributed by atoms with Crippen molar-refractivity contribution in [3.05, 3.63) is 0 Å². The third kappa shape index (κ3) is 5.08. The minimum Gasteiger partial charge on any atom is -0.481 e. The molecule has 0 radical (unpaired) electrons. The van der Waals surface area contributed by atoms with Crippen molar-refractivity contribution < 1.29 is 37.2 Å². The number of rotatable bonds is 6. The smallest absolute Gasteiger partial charge is 0.327 e. The van der Waals surface area contributed by atoms with Crippen molar-refractivity contribution in [1.82, 2.24) is 0 Å². The molecule has 86 valence electrons. The zero-order valence-electron chi connectivity index (χ0n) is 7.32. The first-order valence-corrected chi connectivity index (χ1v) is 5.07. The summed E-state index contributed by atoms with van der Waals surface area (Å²) >= 11 is 0. The molecule has 0 rings (SSSR count). The predicted octanol–water partition coefficient (Wildman–Crippen LogP) is -1.54. The molecule has 0 saturated carbocycles. The van der Waals surface area contributed by atoms with Crippen LogP contribution < -0.4 is 0 Å². The first-order chi connectivity index (χ1) is 6.79. The second-order valence-corrected chi connectivity index (χ2v) is 4.00. The quantitative estimate of drug-likeness (QED) is 0.324. The van der Waals surface area contributed by atoms with Crippen molar-refractivity contribution in [2.24, 2.45) is 0 Å². The van der Waals surface area contributed by atoms with Crippen molar-refractivity contribution in [1.29, 1.82) is 0 Å². The molecule has 0 amide bonds. The van der Waals surface area contributed by atoms with Gasteiger partial charge in [0.25, 0.3) is 10.1 Å². The van der Waals surface area contributed by atoms with Crippen LogP contribution in [-0.2, 0) is 29.2 Å². The van der Waals surface area contributed by atoms with E-state index in [1.807, 2.05) is 0 Å². The Morgan fingerprint density at radius 1 is 1.40 bits per heavy atom. The minimum atomic E-state index is -4.86. The van der Waals surface area contributed by atoms with Crippen molar-refractivity contribution in [3.63, 3.8) is 0 Å². The Morgan fingerprint density at radius 3 is 2.27 bits per heavy atom. The summed E-state index contributed by atoms with van der Waals surface area (Å²) in [7, 11) is -4.86. The molecule has 0 aromatic carbocycles. The van der Waals surface area contributed by atoms with Crippen molar-refractivity contribution >= 4 is 28.3 Å². The first-order valence-electron chi connectivity index (χ1n) is 3.57. The number of carbonyl (C=O) groups excluding carboxylic acids is 2. The Hall–Kier alpha value is -1.48. The molecule has 0 spiro atoms. The zero-order chi connectivity index (χ0) is 12.1. The Morgan fingerprint density at radius 2 is 1.93 bits per heavy atom. The average Bonchev–Trinajstić information content (AvgIpc) is 2.08. The lowest BCUT2D eigenvalue weighted by Gasteiger charge is -2.09. The van der Waals surface area contributed by atoms with E-state index in [1.165, 1.54) is 0 Å². The van der Waals surface area contributed by atoms with Gasteiger partial charge in [-0.15, -0.1) is 0 Å². The van der Waals surface area contributed by atoms with Gasteiger partial charge in [0.05, 0.1) is 6.42 Å². The van der Waals surface area contributed by atoms with Crippen LogP contribution in [0, 0.1) is 0 Å². The molecule has 0 aliphatic heterocycles. The molecule has 0 aliphatic carbocycles. The van der Waals surface area contributed by atoms with E-state index in [-0.39, 0.29) is 6.29 Å². The summed E-state index contributed by atoms with van der Waals surface area (Å²) in [4.78, 5) is 30.9. The number of aldehydes is 1. The maximum absolute atomic E-state index is 10.9. The average molecular weight is 240 g/mol. The molecule has 0 heterocycles. The summed E-state index contributed by atoms with van der Waals surface area (Å²) in [5, 5.41) is 6.06. The summed E-state index contributed by atoms with van der Waals surface area (Å²) in [5.74, 6) is -3.08. The largest absolute Gasteiger partial charge is 0.481 e. The highest BCUT2D eigenvalue weighted by Gasteiger charge is 2.34. The van der Waals surface area contributed by atoms with Crippen LogP contribution in [-0.4, -0.2) is 48.2 Å². The third-order valence-electron chi connectivity index (χ3n) is 1.28. The number of carboxylic acids is 1. The van der Waals surface area contributed by atoms with Crippen LogP contribution in [0.25, 0.3) is 0 Å². The van der Waals surface area contributed by atoms with Gasteiger partial charge >= 0.3 is 11.9 Å². The Balaban J connectivity index is 4.71. The third-order valence-corrected chi connectivity index (χ3v) is 2.35. The van der Waals surface area contributed by atoms with Gasteiger partial charge in [-0.3, -0.25) is 18.9 Å². The van der Waals surface area contributed by atoms with Crippen LogP contribution in [0.1, 0.15) is 6.42 Å². The molecule has 0 aromatic rings. The number of hydrogen-bond donors (Lipinski definition) is 2. The van der Waals surface area contributed by atoms with Crippen molar-refractivity contribution in [2.75, 3.05) is 6.61 Å². The van der Waals surface area contributed by atoms with Crippen LogP contribution in [0.3, 0.4) is 0 Å². The van der Waals surface area contributed by atoms with E-state index in [9.17, 15) is 22.8 Å². The number of carboxylic acid groups (broad SMARTS) is 1. The van der Waals surface area contributed by atoms with Crippen LogP contribution in [0.5, 0.6) is 0 Å². The molecule has 0 aliphatic rings. The van der Waals surface area contributed by atoms with E-state index in [1.54, 1.807) is 0 Å². The maximum Gasteiger partial charge on any atom is 0.327 e. The number of carbonyl (C=O) groups is 3. The molecule has 0 saturated heterocycles. The Kier molecular flexibility index (Phi) is 4.88. The normalized spacial score (nSPS) is 12.9. The zero-order valence-corrected chi connectivity index (χ0v) is 8.14. The number of aliphatic carboxylic acids is 1. The van der Waals surface area contributed by atoms with Gasteiger partial charge in [0.2, 0.25) is 0 Å². The fourth-order valence-electron chi connectivity index (χ4n) is 0.678. The van der Waals surface area contributed by atoms with Crippen LogP contribution in [0.4, 0.5) is 0 Å². The second-order valence-electron chi connectivity index (χ2n) is 2.40. The van der Waals surface area contributed by atoms with Gasteiger partial charge in [0.1, 0.15) is 6.61 Å². The molecule has 15 heavy (non-hydrogen) atoms. The maximum atomic E-state index is 10.9. The van der Waals surface area contributed by atoms with Crippen molar-refractivity contribution in [3.8, 4) is 0 Å². The van der Waals surface area contributed by atoms with E-state index in [0.29, 0.717) is 0 Å². The molecule has 0 fully saturated rings. The van der Waals surface area contributed by atoms with Gasteiger partial charge in [0, 0.05) is 0 Å². The lowest BCUT2D eigenvalue weighted by molar-refractivity contribution is -0.148. The molecule has 2 N–H and O–H groups in total. The predicted molar refractivity (Wildman–Crippen MR) is 44.6 cm³/mol. The highest BCUT2D eigenvalue weighted by Crippen LogP contribution is 2.06. The van der Waals surface area contributed by atoms with Crippen LogP contribution in [0.2, 0.25) is 0 Å². The fourth-order valence-corrected chi connectivity index (χ4v) is 1.34. The van der Waals surface area contributed by atoms with E-state index in [4.69, 9.17) is 9.66 Å². The number of ether oxygens (including phenoxy) is 1. The SMILES string of the molecule is O=CCOC(=O)C(CC(=O)O)S(=O)(=O)O. The summed E-state index contributed by atoms with van der Waals surface area (Å²) in [6.45, 7) is -0.704.